The number of aromatic nitrogens is 3. The van der Waals surface area contributed by atoms with Gasteiger partial charge in [0.2, 0.25) is 0 Å². The van der Waals surface area contributed by atoms with Gasteiger partial charge in [-0.25, -0.2) is 9.50 Å². The summed E-state index contributed by atoms with van der Waals surface area (Å²) in [5, 5.41) is 4.29. The number of hydrogen-bond donors (Lipinski definition) is 1. The van der Waals surface area contributed by atoms with E-state index in [1.54, 1.807) is 4.52 Å². The topological polar surface area (TPSA) is 56.2 Å². The Hall–Kier alpha value is -1.42. The molecule has 2 aromatic heterocycles. The summed E-state index contributed by atoms with van der Waals surface area (Å²) in [6.45, 7) is 2.62. The van der Waals surface area contributed by atoms with Crippen LogP contribution in [-0.4, -0.2) is 21.1 Å². The summed E-state index contributed by atoms with van der Waals surface area (Å²) in [6, 6.07) is 3.99. The van der Waals surface area contributed by atoms with Gasteiger partial charge in [0.05, 0.1) is 0 Å². The highest BCUT2D eigenvalue weighted by Crippen LogP contribution is 2.06. The number of nitrogens with zero attached hydrogens (tertiary/aromatic N) is 3. The van der Waals surface area contributed by atoms with E-state index in [-0.39, 0.29) is 0 Å². The minimum Gasteiger partial charge on any atom is -0.330 e. The summed E-state index contributed by atoms with van der Waals surface area (Å²) in [5.74, 6) is 0.816. The normalized spacial score (nSPS) is 10.9. The molecule has 2 aromatic rings. The summed E-state index contributed by atoms with van der Waals surface area (Å²) in [4.78, 5) is 4.37. The molecular weight excluding hydrogens is 164 g/mol. The van der Waals surface area contributed by atoms with Gasteiger partial charge in [0.25, 0.3) is 0 Å². The molecular formula is C9H12N4. The Bertz CT molecular complexity index is 418. The van der Waals surface area contributed by atoms with Crippen molar-refractivity contribution in [2.75, 3.05) is 6.54 Å². The van der Waals surface area contributed by atoms with Crippen molar-refractivity contribution in [2.24, 2.45) is 5.73 Å². The molecule has 0 atom stereocenters. The first kappa shape index (κ1) is 8.19. The van der Waals surface area contributed by atoms with Crippen molar-refractivity contribution in [2.45, 2.75) is 13.3 Å². The maximum Gasteiger partial charge on any atom is 0.158 e. The fourth-order valence-electron chi connectivity index (χ4n) is 1.32. The average Bonchev–Trinajstić information content (AvgIpc) is 2.49. The van der Waals surface area contributed by atoms with E-state index < -0.39 is 0 Å². The first-order valence-electron chi connectivity index (χ1n) is 4.32. The van der Waals surface area contributed by atoms with Gasteiger partial charge in [-0.2, -0.15) is 5.10 Å². The molecule has 0 aliphatic heterocycles. The molecule has 0 amide bonds. The van der Waals surface area contributed by atoms with Crippen LogP contribution in [0, 0.1) is 6.92 Å². The van der Waals surface area contributed by atoms with Gasteiger partial charge >= 0.3 is 0 Å². The zero-order valence-corrected chi connectivity index (χ0v) is 7.57. The van der Waals surface area contributed by atoms with Crippen molar-refractivity contribution in [3.63, 3.8) is 0 Å². The highest BCUT2D eigenvalue weighted by atomic mass is 15.3. The van der Waals surface area contributed by atoms with Crippen molar-refractivity contribution in [3.8, 4) is 0 Å². The lowest BCUT2D eigenvalue weighted by molar-refractivity contribution is 0.843. The predicted molar refractivity (Wildman–Crippen MR) is 50.5 cm³/mol. The maximum absolute atomic E-state index is 5.43. The van der Waals surface area contributed by atoms with Crippen LogP contribution in [0.4, 0.5) is 0 Å². The number of pyridine rings is 1. The zero-order valence-electron chi connectivity index (χ0n) is 7.57. The van der Waals surface area contributed by atoms with E-state index in [1.165, 1.54) is 0 Å². The fourth-order valence-corrected chi connectivity index (χ4v) is 1.32. The van der Waals surface area contributed by atoms with E-state index in [2.05, 4.69) is 10.1 Å². The Kier molecular flexibility index (Phi) is 1.98. The average molecular weight is 176 g/mol. The Morgan fingerprint density at radius 2 is 2.38 bits per heavy atom. The number of aryl methyl sites for hydroxylation is 1. The molecule has 0 aromatic carbocycles. The molecule has 0 saturated carbocycles. The third-order valence-corrected chi connectivity index (χ3v) is 1.97. The Balaban J connectivity index is 2.55. The maximum atomic E-state index is 5.43. The standard InChI is InChI=1S/C9H12N4/c1-7-3-2-6-13-9(7)11-8(12-13)4-5-10/h2-3,6H,4-5,10H2,1H3. The van der Waals surface area contributed by atoms with Crippen LogP contribution in [0.25, 0.3) is 5.65 Å². The Labute approximate surface area is 76.4 Å². The summed E-state index contributed by atoms with van der Waals surface area (Å²) in [5.41, 5.74) is 7.49. The zero-order chi connectivity index (χ0) is 9.26. The molecule has 2 heterocycles. The molecule has 0 aliphatic carbocycles. The van der Waals surface area contributed by atoms with E-state index in [0.717, 1.165) is 23.5 Å². The van der Waals surface area contributed by atoms with Gasteiger partial charge in [0, 0.05) is 12.6 Å². The second-order valence-corrected chi connectivity index (χ2v) is 3.03. The number of fused-ring (bicyclic) bond motifs is 1. The van der Waals surface area contributed by atoms with Gasteiger partial charge in [-0.05, 0) is 25.1 Å². The molecule has 0 fully saturated rings. The summed E-state index contributed by atoms with van der Waals surface area (Å²) in [7, 11) is 0. The Morgan fingerprint density at radius 1 is 1.54 bits per heavy atom. The van der Waals surface area contributed by atoms with Crippen LogP contribution in [0.2, 0.25) is 0 Å². The number of hydrogen-bond acceptors (Lipinski definition) is 3. The number of rotatable bonds is 2. The van der Waals surface area contributed by atoms with Crippen LogP contribution in [-0.2, 0) is 6.42 Å². The molecule has 0 aliphatic rings. The van der Waals surface area contributed by atoms with E-state index >= 15 is 0 Å². The molecule has 0 saturated heterocycles. The summed E-state index contributed by atoms with van der Waals surface area (Å²) >= 11 is 0. The van der Waals surface area contributed by atoms with E-state index in [0.29, 0.717) is 6.54 Å². The highest BCUT2D eigenvalue weighted by molar-refractivity contribution is 5.45. The monoisotopic (exact) mass is 176 g/mol. The first-order valence-corrected chi connectivity index (χ1v) is 4.32. The van der Waals surface area contributed by atoms with Gasteiger partial charge < -0.3 is 5.73 Å². The minimum absolute atomic E-state index is 0.593. The van der Waals surface area contributed by atoms with Crippen LogP contribution < -0.4 is 5.73 Å². The highest BCUT2D eigenvalue weighted by Gasteiger charge is 2.03. The smallest absolute Gasteiger partial charge is 0.158 e. The molecule has 4 nitrogen and oxygen atoms in total. The fraction of sp³-hybridized carbons (Fsp3) is 0.333. The lowest BCUT2D eigenvalue weighted by Gasteiger charge is -1.92. The molecule has 68 valence electrons. The van der Waals surface area contributed by atoms with Crippen molar-refractivity contribution >= 4 is 5.65 Å². The molecule has 2 rings (SSSR count). The lowest BCUT2D eigenvalue weighted by Crippen LogP contribution is -2.04. The van der Waals surface area contributed by atoms with Crippen LogP contribution in [0.5, 0.6) is 0 Å². The van der Waals surface area contributed by atoms with E-state index in [4.69, 9.17) is 5.73 Å². The third-order valence-electron chi connectivity index (χ3n) is 1.97. The van der Waals surface area contributed by atoms with Crippen molar-refractivity contribution < 1.29 is 0 Å². The van der Waals surface area contributed by atoms with Crippen LogP contribution in [0.1, 0.15) is 11.4 Å². The SMILES string of the molecule is Cc1cccn2nc(CCN)nc12. The number of nitrogens with two attached hydrogens (primary N) is 1. The predicted octanol–water partition coefficient (Wildman–Crippen LogP) is 0.539. The van der Waals surface area contributed by atoms with Gasteiger partial charge in [-0.1, -0.05) is 6.07 Å². The first-order chi connectivity index (χ1) is 6.31. The summed E-state index contributed by atoms with van der Waals surface area (Å²) < 4.78 is 1.79. The molecule has 2 N–H and O–H groups in total. The van der Waals surface area contributed by atoms with Crippen LogP contribution >= 0.6 is 0 Å². The van der Waals surface area contributed by atoms with Crippen molar-refractivity contribution in [1.29, 1.82) is 0 Å². The molecule has 4 heteroatoms. The minimum atomic E-state index is 0.593. The Morgan fingerprint density at radius 3 is 3.08 bits per heavy atom. The van der Waals surface area contributed by atoms with Gasteiger partial charge in [-0.15, -0.1) is 0 Å². The molecule has 0 unspecified atom stereocenters. The van der Waals surface area contributed by atoms with Crippen molar-refractivity contribution in [1.82, 2.24) is 14.6 Å². The van der Waals surface area contributed by atoms with E-state index in [1.807, 2.05) is 25.3 Å². The summed E-state index contributed by atoms with van der Waals surface area (Å²) in [6.07, 6.45) is 2.64. The van der Waals surface area contributed by atoms with Gasteiger partial charge in [0.1, 0.15) is 0 Å². The van der Waals surface area contributed by atoms with Crippen LogP contribution in [0.15, 0.2) is 18.3 Å². The molecule has 0 radical (unpaired) electrons. The second-order valence-electron chi connectivity index (χ2n) is 3.03. The molecule has 0 bridgehead atoms. The van der Waals surface area contributed by atoms with Gasteiger partial charge in [-0.3, -0.25) is 0 Å². The van der Waals surface area contributed by atoms with Crippen LogP contribution in [0.3, 0.4) is 0 Å². The second kappa shape index (κ2) is 3.14. The molecule has 0 spiro atoms. The van der Waals surface area contributed by atoms with Gasteiger partial charge in [0.15, 0.2) is 11.5 Å². The third kappa shape index (κ3) is 1.40. The van der Waals surface area contributed by atoms with Crippen molar-refractivity contribution in [3.05, 3.63) is 29.7 Å². The largest absolute Gasteiger partial charge is 0.330 e. The molecule has 13 heavy (non-hydrogen) atoms. The van der Waals surface area contributed by atoms with E-state index in [9.17, 15) is 0 Å². The quantitative estimate of drug-likeness (QED) is 0.726. The lowest BCUT2D eigenvalue weighted by atomic mass is 10.3.